The largest absolute Gasteiger partial charge is 0.478 e. The number of carboxylic acids is 1. The normalized spacial score (nSPS) is 14.0. The summed E-state index contributed by atoms with van der Waals surface area (Å²) in [5.41, 5.74) is -14.7. The van der Waals surface area contributed by atoms with Crippen molar-refractivity contribution in [1.29, 1.82) is 0 Å². The van der Waals surface area contributed by atoms with Gasteiger partial charge in [0.2, 0.25) is 0 Å². The number of carbonyl (C=O) groups excluding carboxylic acids is 1. The molecule has 7 nitrogen and oxygen atoms in total. The second-order valence-electron chi connectivity index (χ2n) is 14.2. The van der Waals surface area contributed by atoms with Gasteiger partial charge in [0.15, 0.2) is 5.78 Å². The van der Waals surface area contributed by atoms with Gasteiger partial charge in [-0.05, 0) is 55.2 Å². The summed E-state index contributed by atoms with van der Waals surface area (Å²) in [6, 6.07) is 3.57. The highest BCUT2D eigenvalue weighted by Gasteiger charge is 2.74. The molecular weight excluding hydrogens is 1100 g/mol. The van der Waals surface area contributed by atoms with Gasteiger partial charge in [0.25, 0.3) is 0 Å². The first-order chi connectivity index (χ1) is 30.7. The van der Waals surface area contributed by atoms with Crippen molar-refractivity contribution in [3.63, 3.8) is 0 Å². The van der Waals surface area contributed by atoms with Gasteiger partial charge in [0.05, 0.1) is 38.0 Å². The Hall–Kier alpha value is -3.84. The predicted molar refractivity (Wildman–Crippen MR) is 222 cm³/mol. The fraction of sp³-hybridized carbons (Fsp3) is 0.263. The summed E-state index contributed by atoms with van der Waals surface area (Å²) < 4.78 is 188. The van der Waals surface area contributed by atoms with E-state index in [9.17, 15) is 71.1 Å². The molecule has 1 fully saturated rings. The number of hydrogen-bond donors (Lipinski definition) is 1. The number of nitrogens with zero attached hydrogens (tertiary/aromatic N) is 4. The predicted octanol–water partition coefficient (Wildman–Crippen LogP) is 16.4. The van der Waals surface area contributed by atoms with Crippen molar-refractivity contribution < 1.29 is 76.2 Å². The molecule has 1 N–H and O–H groups in total. The Bertz CT molecular complexity index is 2810. The first-order valence-corrected chi connectivity index (χ1v) is 21.7. The molecule has 0 radical (unpaired) electrons. The van der Waals surface area contributed by atoms with Gasteiger partial charge < -0.3 is 5.11 Å². The molecule has 360 valence electrons. The second kappa shape index (κ2) is 18.5. The zero-order valence-corrected chi connectivity index (χ0v) is 38.1. The van der Waals surface area contributed by atoms with Gasteiger partial charge in [0, 0.05) is 56.4 Å². The molecule has 6 aromatic rings. The summed E-state index contributed by atoms with van der Waals surface area (Å²) in [7, 11) is 0. The van der Waals surface area contributed by atoms with Crippen LogP contribution in [0.1, 0.15) is 51.1 Å². The summed E-state index contributed by atoms with van der Waals surface area (Å²) in [5, 5.41) is 14.1. The lowest BCUT2D eigenvalue weighted by Crippen LogP contribution is -2.50. The maximum Gasteiger partial charge on any atom is 0.435 e. The van der Waals surface area contributed by atoms with E-state index in [0.29, 0.717) is 38.8 Å². The molecule has 7 rings (SSSR count). The number of benzene rings is 2. The van der Waals surface area contributed by atoms with Crippen molar-refractivity contribution in [2.45, 2.75) is 55.3 Å². The number of aromatic carboxylic acids is 1. The third-order valence-electron chi connectivity index (χ3n) is 9.66. The highest BCUT2D eigenvalue weighted by atomic mass is 35.5. The topological polar surface area (TPSA) is 90.0 Å². The lowest BCUT2D eigenvalue weighted by Gasteiger charge is -2.30. The van der Waals surface area contributed by atoms with Gasteiger partial charge in [-0.15, -0.1) is 22.7 Å². The van der Waals surface area contributed by atoms with Crippen LogP contribution in [-0.2, 0) is 11.3 Å². The van der Waals surface area contributed by atoms with Crippen LogP contribution in [0.15, 0.2) is 61.2 Å². The number of thiophene rings is 2. The zero-order chi connectivity index (χ0) is 50.1. The van der Waals surface area contributed by atoms with Gasteiger partial charge >= 0.3 is 42.0 Å². The van der Waals surface area contributed by atoms with Crippen molar-refractivity contribution >= 4 is 104 Å². The molecule has 4 aromatic heterocycles. The van der Waals surface area contributed by atoms with Crippen LogP contribution in [0.25, 0.3) is 32.3 Å². The summed E-state index contributed by atoms with van der Waals surface area (Å²) in [4.78, 5) is 24.4. The van der Waals surface area contributed by atoms with Gasteiger partial charge in [-0.2, -0.15) is 62.9 Å². The van der Waals surface area contributed by atoms with E-state index in [2.05, 4.69) is 10.2 Å². The fourth-order valence-electron chi connectivity index (χ4n) is 6.14. The molecule has 2 aromatic carbocycles. The lowest BCUT2D eigenvalue weighted by molar-refractivity contribution is -0.349. The summed E-state index contributed by atoms with van der Waals surface area (Å²) in [6.45, 7) is 0. The SMILES string of the molecule is O=C(CC1CC1)c1cc(-c2cnn(-c3c(Cl)cc(C(F)(C(F)(F)F)C(F)(F)F)cc3Cl)c2)sc1Cl.O=C(O)c1cc(-c2cnn(-c3c(Cl)cc(C(F)(C(F)(F)F)C(F)(F)F)cc3Cl)c2)sc1Cl. The van der Waals surface area contributed by atoms with Crippen molar-refractivity contribution in [2.24, 2.45) is 5.92 Å². The Morgan fingerprint density at radius 3 is 1.19 bits per heavy atom. The molecular formula is C38H18Cl6F14N4O3S2. The number of aromatic nitrogens is 4. The standard InChI is InChI=1S/C21H12Cl3F7N2OS.C17H6Cl3F7N2O2S/c22-13-4-11(19(25,20(26,27)28)21(29,30)31)5-14(23)17(13)33-8-10(7-32-33)16-6-12(18(24)35-16)15(34)3-9-1-2-9;18-9-1-7(15(21,16(22,23)24)17(25,26)27)2-10(19)12(9)29-5-6(4-28-29)11-3-8(14(30)31)13(20)32-11/h4-9H,1-3H2;1-5H,(H,30,31). The Labute approximate surface area is 403 Å². The first kappa shape index (κ1) is 52.5. The van der Waals surface area contributed by atoms with Crippen molar-refractivity contribution in [3.05, 3.63) is 112 Å². The van der Waals surface area contributed by atoms with Gasteiger partial charge in [0.1, 0.15) is 20.0 Å². The van der Waals surface area contributed by atoms with E-state index in [4.69, 9.17) is 74.7 Å². The van der Waals surface area contributed by atoms with Crippen LogP contribution in [-0.4, -0.2) is 61.1 Å². The Kier molecular flexibility index (Phi) is 14.5. The summed E-state index contributed by atoms with van der Waals surface area (Å²) >= 11 is 37.7. The molecule has 0 spiro atoms. The Morgan fingerprint density at radius 1 is 0.567 bits per heavy atom. The highest BCUT2D eigenvalue weighted by molar-refractivity contribution is 7.20. The number of ketones is 1. The minimum absolute atomic E-state index is 0.0285. The van der Waals surface area contributed by atoms with Crippen molar-refractivity contribution in [3.8, 4) is 32.3 Å². The van der Waals surface area contributed by atoms with Crippen LogP contribution < -0.4 is 0 Å². The van der Waals surface area contributed by atoms with E-state index in [1.807, 2.05) is 0 Å². The summed E-state index contributed by atoms with van der Waals surface area (Å²) in [6.07, 6.45) is -17.8. The van der Waals surface area contributed by atoms with Crippen LogP contribution in [0.4, 0.5) is 61.5 Å². The molecule has 0 amide bonds. The van der Waals surface area contributed by atoms with Crippen LogP contribution in [0.5, 0.6) is 0 Å². The van der Waals surface area contributed by atoms with Gasteiger partial charge in [-0.3, -0.25) is 4.79 Å². The average molecular weight is 1120 g/mol. The van der Waals surface area contributed by atoms with Crippen LogP contribution in [0.2, 0.25) is 28.8 Å². The van der Waals surface area contributed by atoms with E-state index in [0.717, 1.165) is 44.9 Å². The lowest BCUT2D eigenvalue weighted by atomic mass is 9.94. The monoisotopic (exact) mass is 1120 g/mol. The van der Waals surface area contributed by atoms with E-state index in [1.54, 1.807) is 6.07 Å². The van der Waals surface area contributed by atoms with E-state index >= 15 is 0 Å². The molecule has 29 heteroatoms. The van der Waals surface area contributed by atoms with E-state index < -0.39 is 73.2 Å². The van der Waals surface area contributed by atoms with Crippen LogP contribution in [0.3, 0.4) is 0 Å². The molecule has 0 unspecified atom stereocenters. The van der Waals surface area contributed by atoms with Crippen LogP contribution in [0, 0.1) is 5.92 Å². The molecule has 1 saturated carbocycles. The van der Waals surface area contributed by atoms with Crippen molar-refractivity contribution in [1.82, 2.24) is 19.6 Å². The number of carboxylic acid groups (broad SMARTS) is 1. The molecule has 0 aliphatic heterocycles. The van der Waals surface area contributed by atoms with Gasteiger partial charge in [-0.25, -0.2) is 22.9 Å². The van der Waals surface area contributed by atoms with E-state index in [1.165, 1.54) is 30.9 Å². The Morgan fingerprint density at radius 2 is 0.896 bits per heavy atom. The highest BCUT2D eigenvalue weighted by Crippen LogP contribution is 2.56. The average Bonchev–Trinajstić information content (AvgIpc) is 3.56. The maximum atomic E-state index is 14.4. The van der Waals surface area contributed by atoms with E-state index in [-0.39, 0.29) is 55.7 Å². The number of halogens is 20. The molecule has 0 saturated heterocycles. The maximum absolute atomic E-state index is 14.4. The molecule has 0 bridgehead atoms. The van der Waals surface area contributed by atoms with Gasteiger partial charge in [-0.1, -0.05) is 69.6 Å². The third-order valence-corrected chi connectivity index (χ3v) is 13.6. The zero-order valence-electron chi connectivity index (χ0n) is 31.9. The van der Waals surface area contributed by atoms with Crippen LogP contribution >= 0.6 is 92.3 Å². The minimum Gasteiger partial charge on any atom is -0.478 e. The molecule has 4 heterocycles. The number of alkyl halides is 14. The minimum atomic E-state index is -6.33. The smallest absolute Gasteiger partial charge is 0.435 e. The molecule has 67 heavy (non-hydrogen) atoms. The molecule has 0 atom stereocenters. The number of carbonyl (C=O) groups is 2. The molecule has 1 aliphatic rings. The first-order valence-electron chi connectivity index (χ1n) is 17.8. The quantitative estimate of drug-likeness (QED) is 0.109. The Balaban J connectivity index is 0.000000222. The summed E-state index contributed by atoms with van der Waals surface area (Å²) in [5.74, 6) is -1.02. The fourth-order valence-corrected chi connectivity index (χ4v) is 9.98. The number of hydrogen-bond acceptors (Lipinski definition) is 6. The number of rotatable bonds is 10. The molecule has 1 aliphatic carbocycles. The second-order valence-corrected chi connectivity index (χ2v) is 19.1. The van der Waals surface area contributed by atoms with Crippen molar-refractivity contribution in [2.75, 3.05) is 0 Å². The number of Topliss-reactive ketones (excluding diaryl/α,β-unsaturated/α-hetero) is 1. The third kappa shape index (κ3) is 10.1.